The number of aromatic nitrogens is 1. The van der Waals surface area contributed by atoms with E-state index in [1.807, 2.05) is 71.4 Å². The van der Waals surface area contributed by atoms with Gasteiger partial charge in [0, 0.05) is 18.4 Å². The Morgan fingerprint density at radius 1 is 0.821 bits per heavy atom. The van der Waals surface area contributed by atoms with E-state index in [1.54, 1.807) is 18.2 Å². The van der Waals surface area contributed by atoms with Crippen LogP contribution in [-0.2, 0) is 6.54 Å². The van der Waals surface area contributed by atoms with Crippen LogP contribution >= 0.6 is 0 Å². The Morgan fingerprint density at radius 2 is 1.57 bits per heavy atom. The first-order valence-electron chi connectivity index (χ1n) is 9.05. The van der Waals surface area contributed by atoms with Crippen molar-refractivity contribution in [3.63, 3.8) is 0 Å². The highest BCUT2D eigenvalue weighted by Gasteiger charge is 2.12. The summed E-state index contributed by atoms with van der Waals surface area (Å²) in [5.41, 5.74) is 4.35. The smallest absolute Gasteiger partial charge is 0.272 e. The van der Waals surface area contributed by atoms with Gasteiger partial charge in [-0.1, -0.05) is 54.6 Å². The highest BCUT2D eigenvalue weighted by Crippen LogP contribution is 2.22. The molecule has 4 aromatic rings. The van der Waals surface area contributed by atoms with Gasteiger partial charge in [0.25, 0.3) is 5.91 Å². The first-order chi connectivity index (χ1) is 13.7. The third kappa shape index (κ3) is 4.01. The third-order valence-corrected chi connectivity index (χ3v) is 4.56. The Hall–Kier alpha value is -3.66. The number of halogens is 1. The Labute approximate surface area is 163 Å². The fraction of sp³-hybridized carbons (Fsp3) is 0.0417. The number of hydrogen-bond donors (Lipinski definition) is 1. The monoisotopic (exact) mass is 370 g/mol. The summed E-state index contributed by atoms with van der Waals surface area (Å²) in [5, 5.41) is 2.97. The van der Waals surface area contributed by atoms with Crippen LogP contribution in [0.4, 0.5) is 10.1 Å². The number of carbonyl (C=O) groups is 1. The summed E-state index contributed by atoms with van der Waals surface area (Å²) in [4.78, 5) is 12.8. The SMILES string of the molecule is O=C(Nc1cccc(-c2ccccc2)c1)c1cccn1Cc1ccc(F)cc1. The minimum Gasteiger partial charge on any atom is -0.339 e. The molecule has 1 N–H and O–H groups in total. The van der Waals surface area contributed by atoms with Gasteiger partial charge < -0.3 is 9.88 Å². The van der Waals surface area contributed by atoms with Crippen molar-refractivity contribution in [1.29, 1.82) is 0 Å². The fourth-order valence-corrected chi connectivity index (χ4v) is 3.15. The zero-order chi connectivity index (χ0) is 19.3. The van der Waals surface area contributed by atoms with E-state index in [-0.39, 0.29) is 11.7 Å². The second-order valence-electron chi connectivity index (χ2n) is 6.55. The maximum absolute atomic E-state index is 13.1. The van der Waals surface area contributed by atoms with E-state index in [1.165, 1.54) is 12.1 Å². The second kappa shape index (κ2) is 7.92. The molecule has 4 heteroatoms. The Morgan fingerprint density at radius 3 is 2.36 bits per heavy atom. The van der Waals surface area contributed by atoms with E-state index in [9.17, 15) is 9.18 Å². The molecule has 1 heterocycles. The molecule has 28 heavy (non-hydrogen) atoms. The molecule has 1 aromatic heterocycles. The first-order valence-corrected chi connectivity index (χ1v) is 9.05. The summed E-state index contributed by atoms with van der Waals surface area (Å²) in [6.07, 6.45) is 1.85. The van der Waals surface area contributed by atoms with Gasteiger partial charge in [-0.05, 0) is 53.1 Å². The van der Waals surface area contributed by atoms with Crippen molar-refractivity contribution >= 4 is 11.6 Å². The van der Waals surface area contributed by atoms with Crippen LogP contribution in [0.1, 0.15) is 16.1 Å². The first kappa shape index (κ1) is 17.7. The zero-order valence-electron chi connectivity index (χ0n) is 15.2. The fourth-order valence-electron chi connectivity index (χ4n) is 3.15. The van der Waals surface area contributed by atoms with E-state index in [0.717, 1.165) is 22.4 Å². The number of nitrogens with zero attached hydrogens (tertiary/aromatic N) is 1. The molecule has 0 bridgehead atoms. The lowest BCUT2D eigenvalue weighted by molar-refractivity contribution is 0.101. The van der Waals surface area contributed by atoms with Gasteiger partial charge in [-0.25, -0.2) is 4.39 Å². The van der Waals surface area contributed by atoms with Crippen molar-refractivity contribution in [2.45, 2.75) is 6.54 Å². The lowest BCUT2D eigenvalue weighted by Crippen LogP contribution is -2.17. The normalized spacial score (nSPS) is 10.6. The van der Waals surface area contributed by atoms with Crippen molar-refractivity contribution < 1.29 is 9.18 Å². The number of hydrogen-bond acceptors (Lipinski definition) is 1. The standard InChI is InChI=1S/C24H19FN2O/c25-21-13-11-18(12-14-21)17-27-15-5-10-23(27)24(28)26-22-9-4-8-20(16-22)19-6-2-1-3-7-19/h1-16H,17H2,(H,26,28). The van der Waals surface area contributed by atoms with Crippen LogP contribution in [-0.4, -0.2) is 10.5 Å². The van der Waals surface area contributed by atoms with E-state index in [0.29, 0.717) is 12.2 Å². The van der Waals surface area contributed by atoms with Crippen LogP contribution in [0.2, 0.25) is 0 Å². The van der Waals surface area contributed by atoms with Crippen molar-refractivity contribution in [3.05, 3.63) is 114 Å². The number of nitrogens with one attached hydrogen (secondary N) is 1. The number of anilines is 1. The van der Waals surface area contributed by atoms with Gasteiger partial charge in [-0.3, -0.25) is 4.79 Å². The zero-order valence-corrected chi connectivity index (χ0v) is 15.2. The van der Waals surface area contributed by atoms with Crippen LogP contribution in [0.5, 0.6) is 0 Å². The summed E-state index contributed by atoms with van der Waals surface area (Å²) in [6.45, 7) is 0.500. The predicted molar refractivity (Wildman–Crippen MR) is 110 cm³/mol. The lowest BCUT2D eigenvalue weighted by Gasteiger charge is -2.11. The van der Waals surface area contributed by atoms with Gasteiger partial charge in [-0.2, -0.15) is 0 Å². The molecule has 0 fully saturated rings. The maximum atomic E-state index is 13.1. The molecule has 0 aliphatic rings. The number of benzene rings is 3. The minimum atomic E-state index is -0.271. The van der Waals surface area contributed by atoms with E-state index < -0.39 is 0 Å². The van der Waals surface area contributed by atoms with Crippen molar-refractivity contribution in [3.8, 4) is 11.1 Å². The van der Waals surface area contributed by atoms with Crippen molar-refractivity contribution in [1.82, 2.24) is 4.57 Å². The molecule has 3 nitrogen and oxygen atoms in total. The molecular formula is C24H19FN2O. The summed E-state index contributed by atoms with van der Waals surface area (Å²) in [5.74, 6) is -0.454. The molecule has 1 amide bonds. The van der Waals surface area contributed by atoms with Gasteiger partial charge >= 0.3 is 0 Å². The number of carbonyl (C=O) groups excluding carboxylic acids is 1. The Bertz CT molecular complexity index is 1090. The van der Waals surface area contributed by atoms with Gasteiger partial charge in [0.2, 0.25) is 0 Å². The molecule has 0 radical (unpaired) electrons. The number of amides is 1. The largest absolute Gasteiger partial charge is 0.339 e. The van der Waals surface area contributed by atoms with E-state index in [2.05, 4.69) is 5.32 Å². The van der Waals surface area contributed by atoms with Crippen LogP contribution in [0.25, 0.3) is 11.1 Å². The van der Waals surface area contributed by atoms with Gasteiger partial charge in [0.05, 0.1) is 0 Å². The Balaban J connectivity index is 1.52. The minimum absolute atomic E-state index is 0.183. The van der Waals surface area contributed by atoms with Crippen molar-refractivity contribution in [2.75, 3.05) is 5.32 Å². The van der Waals surface area contributed by atoms with Gasteiger partial charge in [0.15, 0.2) is 0 Å². The highest BCUT2D eigenvalue weighted by atomic mass is 19.1. The molecule has 0 aliphatic carbocycles. The summed E-state index contributed by atoms with van der Waals surface area (Å²) in [6, 6.07) is 27.7. The molecule has 4 rings (SSSR count). The second-order valence-corrected chi connectivity index (χ2v) is 6.55. The Kier molecular flexibility index (Phi) is 5.02. The quantitative estimate of drug-likeness (QED) is 0.488. The van der Waals surface area contributed by atoms with E-state index >= 15 is 0 Å². The molecule has 0 saturated heterocycles. The average molecular weight is 370 g/mol. The van der Waals surface area contributed by atoms with Crippen LogP contribution < -0.4 is 5.32 Å². The maximum Gasteiger partial charge on any atom is 0.272 e. The summed E-state index contributed by atoms with van der Waals surface area (Å²) >= 11 is 0. The van der Waals surface area contributed by atoms with E-state index in [4.69, 9.17) is 0 Å². The molecule has 3 aromatic carbocycles. The number of rotatable bonds is 5. The van der Waals surface area contributed by atoms with Gasteiger partial charge in [0.1, 0.15) is 11.5 Å². The predicted octanol–water partition coefficient (Wildman–Crippen LogP) is 5.59. The highest BCUT2D eigenvalue weighted by molar-refractivity contribution is 6.03. The molecule has 0 atom stereocenters. The van der Waals surface area contributed by atoms with Gasteiger partial charge in [-0.15, -0.1) is 0 Å². The van der Waals surface area contributed by atoms with Crippen molar-refractivity contribution in [2.24, 2.45) is 0 Å². The molecule has 0 saturated carbocycles. The third-order valence-electron chi connectivity index (χ3n) is 4.56. The average Bonchev–Trinajstić information content (AvgIpc) is 3.19. The molecular weight excluding hydrogens is 351 g/mol. The molecule has 0 unspecified atom stereocenters. The molecule has 138 valence electrons. The summed E-state index contributed by atoms with van der Waals surface area (Å²) in [7, 11) is 0. The van der Waals surface area contributed by atoms with Crippen LogP contribution in [0.3, 0.4) is 0 Å². The lowest BCUT2D eigenvalue weighted by atomic mass is 10.1. The molecule has 0 aliphatic heterocycles. The van der Waals surface area contributed by atoms with Crippen LogP contribution in [0, 0.1) is 5.82 Å². The summed E-state index contributed by atoms with van der Waals surface area (Å²) < 4.78 is 15.0. The topological polar surface area (TPSA) is 34.0 Å². The van der Waals surface area contributed by atoms with Crippen LogP contribution in [0.15, 0.2) is 97.2 Å². The molecule has 0 spiro atoms.